The van der Waals surface area contributed by atoms with Crippen molar-refractivity contribution in [3.63, 3.8) is 0 Å². The number of hydrogen-bond acceptors (Lipinski definition) is 5. The van der Waals surface area contributed by atoms with Crippen LogP contribution in [-0.4, -0.2) is 45.8 Å². The third kappa shape index (κ3) is 5.01. The molecule has 6 nitrogen and oxygen atoms in total. The Balaban J connectivity index is 2.03. The predicted octanol–water partition coefficient (Wildman–Crippen LogP) is 3.84. The van der Waals surface area contributed by atoms with E-state index in [1.807, 2.05) is 25.5 Å². The highest BCUT2D eigenvalue weighted by Gasteiger charge is 2.17. The Hall–Kier alpha value is -1.96. The summed E-state index contributed by atoms with van der Waals surface area (Å²) in [6.45, 7) is 0.478. The number of urea groups is 1. The molecule has 0 aliphatic carbocycles. The minimum Gasteiger partial charge on any atom is -0.495 e. The molecule has 0 radical (unpaired) electrons. The van der Waals surface area contributed by atoms with Gasteiger partial charge < -0.3 is 25.0 Å². The molecule has 0 bridgehead atoms. The lowest BCUT2D eigenvalue weighted by Crippen LogP contribution is -2.36. The second-order valence-electron chi connectivity index (χ2n) is 5.52. The molecule has 1 aromatic carbocycles. The van der Waals surface area contributed by atoms with Crippen LogP contribution in [0.3, 0.4) is 0 Å². The summed E-state index contributed by atoms with van der Waals surface area (Å²) in [5.74, 6) is 0.952. The molecule has 8 heteroatoms. The normalized spacial score (nSPS) is 11.9. The fourth-order valence-corrected chi connectivity index (χ4v) is 3.50. The van der Waals surface area contributed by atoms with Gasteiger partial charge in [-0.05, 0) is 31.6 Å². The van der Waals surface area contributed by atoms with Crippen LogP contribution in [0, 0.1) is 0 Å². The predicted molar refractivity (Wildman–Crippen MR) is 102 cm³/mol. The highest BCUT2D eigenvalue weighted by Crippen LogP contribution is 2.35. The second kappa shape index (κ2) is 8.94. The number of ether oxygens (including phenoxy) is 2. The SMILES string of the molecule is COc1cc(OC)c(NC(=O)NC[C@H](c2cccs2)N(C)C)cc1Cl. The highest BCUT2D eigenvalue weighted by molar-refractivity contribution is 7.10. The number of benzene rings is 1. The average molecular weight is 384 g/mol. The number of nitrogens with zero attached hydrogens (tertiary/aromatic N) is 1. The lowest BCUT2D eigenvalue weighted by Gasteiger charge is -2.23. The summed E-state index contributed by atoms with van der Waals surface area (Å²) < 4.78 is 10.4. The fraction of sp³-hybridized carbons (Fsp3) is 0.353. The van der Waals surface area contributed by atoms with E-state index in [1.165, 1.54) is 19.1 Å². The van der Waals surface area contributed by atoms with Crippen LogP contribution in [0.15, 0.2) is 29.6 Å². The van der Waals surface area contributed by atoms with Crippen molar-refractivity contribution in [2.75, 3.05) is 40.2 Å². The maximum atomic E-state index is 12.3. The number of amides is 2. The Bertz CT molecular complexity index is 707. The summed E-state index contributed by atoms with van der Waals surface area (Å²) in [6.07, 6.45) is 0. The molecule has 0 aliphatic rings. The largest absolute Gasteiger partial charge is 0.495 e. The molecule has 1 aromatic heterocycles. The van der Waals surface area contributed by atoms with E-state index >= 15 is 0 Å². The molecular weight excluding hydrogens is 362 g/mol. The van der Waals surface area contributed by atoms with Gasteiger partial charge in [-0.2, -0.15) is 0 Å². The van der Waals surface area contributed by atoms with E-state index in [0.717, 1.165) is 0 Å². The second-order valence-corrected chi connectivity index (χ2v) is 6.90. The number of thiophene rings is 1. The molecule has 2 amide bonds. The Kier molecular flexibility index (Phi) is 6.92. The van der Waals surface area contributed by atoms with E-state index in [1.54, 1.807) is 23.5 Å². The molecule has 2 aromatic rings. The van der Waals surface area contributed by atoms with Crippen LogP contribution in [0.1, 0.15) is 10.9 Å². The van der Waals surface area contributed by atoms with Crippen LogP contribution < -0.4 is 20.1 Å². The zero-order valence-electron chi connectivity index (χ0n) is 14.6. The van der Waals surface area contributed by atoms with Crippen molar-refractivity contribution in [3.05, 3.63) is 39.5 Å². The molecule has 0 saturated heterocycles. The molecular formula is C17H22ClN3O3S. The third-order valence-electron chi connectivity index (χ3n) is 3.67. The molecule has 25 heavy (non-hydrogen) atoms. The van der Waals surface area contributed by atoms with Gasteiger partial charge in [-0.1, -0.05) is 17.7 Å². The molecule has 136 valence electrons. The monoisotopic (exact) mass is 383 g/mol. The minimum absolute atomic E-state index is 0.104. The van der Waals surface area contributed by atoms with Gasteiger partial charge in [0.1, 0.15) is 11.5 Å². The first-order valence-electron chi connectivity index (χ1n) is 7.62. The van der Waals surface area contributed by atoms with Crippen LogP contribution in [-0.2, 0) is 0 Å². The molecule has 1 atom stereocenters. The maximum absolute atomic E-state index is 12.3. The summed E-state index contributed by atoms with van der Waals surface area (Å²) >= 11 is 7.78. The van der Waals surface area contributed by atoms with Gasteiger partial charge in [0.2, 0.25) is 0 Å². The van der Waals surface area contributed by atoms with Crippen LogP contribution in [0.5, 0.6) is 11.5 Å². The summed E-state index contributed by atoms with van der Waals surface area (Å²) in [6, 6.07) is 7.06. The van der Waals surface area contributed by atoms with E-state index < -0.39 is 0 Å². The molecule has 0 saturated carbocycles. The zero-order chi connectivity index (χ0) is 18.4. The van der Waals surface area contributed by atoms with E-state index in [2.05, 4.69) is 21.6 Å². The van der Waals surface area contributed by atoms with E-state index in [0.29, 0.717) is 28.8 Å². The standard InChI is InChI=1S/C17H22ClN3O3S/c1-21(2)13(16-6-5-7-25-16)10-19-17(22)20-12-8-11(18)14(23-3)9-15(12)24-4/h5-9,13H,10H2,1-4H3,(H2,19,20,22)/t13-/m1/s1. The lowest BCUT2D eigenvalue weighted by atomic mass is 10.2. The quantitative estimate of drug-likeness (QED) is 0.762. The number of anilines is 1. The van der Waals surface area contributed by atoms with Gasteiger partial charge in [0.25, 0.3) is 0 Å². The number of rotatable bonds is 7. The van der Waals surface area contributed by atoms with E-state index in [-0.39, 0.29) is 12.1 Å². The Morgan fingerprint density at radius 2 is 2.00 bits per heavy atom. The van der Waals surface area contributed by atoms with Crippen molar-refractivity contribution in [1.29, 1.82) is 0 Å². The van der Waals surface area contributed by atoms with Gasteiger partial charge in [0, 0.05) is 17.5 Å². The van der Waals surface area contributed by atoms with Crippen molar-refractivity contribution in [3.8, 4) is 11.5 Å². The van der Waals surface area contributed by atoms with Crippen LogP contribution in [0.2, 0.25) is 5.02 Å². The number of hydrogen-bond donors (Lipinski definition) is 2. The van der Waals surface area contributed by atoms with Crippen molar-refractivity contribution in [1.82, 2.24) is 10.2 Å². The van der Waals surface area contributed by atoms with Gasteiger partial charge in [-0.25, -0.2) is 4.79 Å². The summed E-state index contributed by atoms with van der Waals surface area (Å²) in [7, 11) is 7.00. The first kappa shape index (κ1) is 19.4. The van der Waals surface area contributed by atoms with Crippen molar-refractivity contribution < 1.29 is 14.3 Å². The van der Waals surface area contributed by atoms with Crippen LogP contribution >= 0.6 is 22.9 Å². The molecule has 2 rings (SSSR count). The Morgan fingerprint density at radius 1 is 1.28 bits per heavy atom. The Labute approximate surface area is 156 Å². The van der Waals surface area contributed by atoms with Crippen LogP contribution in [0.4, 0.5) is 10.5 Å². The number of carbonyl (C=O) groups is 1. The lowest BCUT2D eigenvalue weighted by molar-refractivity contribution is 0.244. The van der Waals surface area contributed by atoms with Gasteiger partial charge in [0.15, 0.2) is 0 Å². The average Bonchev–Trinajstić information content (AvgIpc) is 3.09. The number of likely N-dealkylation sites (N-methyl/N-ethyl adjacent to an activating group) is 1. The van der Waals surface area contributed by atoms with Crippen molar-refractivity contribution in [2.24, 2.45) is 0 Å². The molecule has 0 aliphatic heterocycles. The minimum atomic E-state index is -0.331. The molecule has 0 unspecified atom stereocenters. The molecule has 0 spiro atoms. The fourth-order valence-electron chi connectivity index (χ4n) is 2.33. The Morgan fingerprint density at radius 3 is 2.56 bits per heavy atom. The number of nitrogens with one attached hydrogen (secondary N) is 2. The van der Waals surface area contributed by atoms with Gasteiger partial charge in [-0.3, -0.25) is 0 Å². The number of halogens is 1. The highest BCUT2D eigenvalue weighted by atomic mass is 35.5. The van der Waals surface area contributed by atoms with Crippen molar-refractivity contribution >= 4 is 34.7 Å². The van der Waals surface area contributed by atoms with Gasteiger partial charge in [-0.15, -0.1) is 11.3 Å². The van der Waals surface area contributed by atoms with Gasteiger partial charge in [0.05, 0.1) is 31.0 Å². The summed E-state index contributed by atoms with van der Waals surface area (Å²) in [5, 5.41) is 8.06. The maximum Gasteiger partial charge on any atom is 0.319 e. The topological polar surface area (TPSA) is 62.8 Å². The van der Waals surface area contributed by atoms with Gasteiger partial charge >= 0.3 is 6.03 Å². The molecule has 2 N–H and O–H groups in total. The summed E-state index contributed by atoms with van der Waals surface area (Å²) in [4.78, 5) is 15.5. The third-order valence-corrected chi connectivity index (χ3v) is 4.94. The number of carbonyl (C=O) groups excluding carboxylic acids is 1. The molecule has 0 fully saturated rings. The smallest absolute Gasteiger partial charge is 0.319 e. The molecule has 1 heterocycles. The van der Waals surface area contributed by atoms with Crippen LogP contribution in [0.25, 0.3) is 0 Å². The summed E-state index contributed by atoms with van der Waals surface area (Å²) in [5.41, 5.74) is 0.475. The first-order chi connectivity index (χ1) is 12.0. The zero-order valence-corrected chi connectivity index (χ0v) is 16.2. The van der Waals surface area contributed by atoms with Crippen molar-refractivity contribution in [2.45, 2.75) is 6.04 Å². The van der Waals surface area contributed by atoms with E-state index in [9.17, 15) is 4.79 Å². The van der Waals surface area contributed by atoms with E-state index in [4.69, 9.17) is 21.1 Å². The first-order valence-corrected chi connectivity index (χ1v) is 8.88. The number of methoxy groups -OCH3 is 2.